The van der Waals surface area contributed by atoms with Gasteiger partial charge in [0.25, 0.3) is 0 Å². The van der Waals surface area contributed by atoms with Crippen molar-refractivity contribution in [2.24, 2.45) is 0 Å². The summed E-state index contributed by atoms with van der Waals surface area (Å²) in [7, 11) is 0. The summed E-state index contributed by atoms with van der Waals surface area (Å²) in [5.41, 5.74) is 1.28. The molecule has 0 amide bonds. The van der Waals surface area contributed by atoms with Gasteiger partial charge in [-0.1, -0.05) is 47.7 Å². The normalized spacial score (nSPS) is 9.32. The van der Waals surface area contributed by atoms with Gasteiger partial charge in [0.1, 0.15) is 12.4 Å². The van der Waals surface area contributed by atoms with Crippen LogP contribution in [-0.4, -0.2) is 12.9 Å². The van der Waals surface area contributed by atoms with Gasteiger partial charge in [0.05, 0.1) is 10.6 Å². The Morgan fingerprint density at radius 1 is 1.11 bits per heavy atom. The first-order valence-electron chi connectivity index (χ1n) is 5.71. The summed E-state index contributed by atoms with van der Waals surface area (Å²) in [6.07, 6.45) is 0.683. The molecule has 0 aliphatic heterocycles. The van der Waals surface area contributed by atoms with Gasteiger partial charge in [0.2, 0.25) is 0 Å². The van der Waals surface area contributed by atoms with E-state index in [-0.39, 0.29) is 6.61 Å². The summed E-state index contributed by atoms with van der Waals surface area (Å²) in [5, 5.41) is 0.378. The standard InChI is InChI=1S/C16H11ClO2/c17-15-9-4-10-16(14(15)12-18)19-11-5-8-13-6-2-1-3-7-13/h1-4,6-7,9-10,12H,11H2. The van der Waals surface area contributed by atoms with Gasteiger partial charge in [0, 0.05) is 5.56 Å². The minimum Gasteiger partial charge on any atom is -0.480 e. The molecule has 0 bridgehead atoms. The molecule has 0 atom stereocenters. The zero-order chi connectivity index (χ0) is 13.5. The van der Waals surface area contributed by atoms with Crippen molar-refractivity contribution in [1.82, 2.24) is 0 Å². The summed E-state index contributed by atoms with van der Waals surface area (Å²) in [6.45, 7) is 0.204. The van der Waals surface area contributed by atoms with Gasteiger partial charge in [-0.2, -0.15) is 0 Å². The molecule has 0 saturated heterocycles. The molecule has 0 aliphatic carbocycles. The molecule has 0 unspecified atom stereocenters. The lowest BCUT2D eigenvalue weighted by Crippen LogP contribution is -1.98. The zero-order valence-electron chi connectivity index (χ0n) is 10.1. The van der Waals surface area contributed by atoms with Crippen molar-refractivity contribution < 1.29 is 9.53 Å². The largest absolute Gasteiger partial charge is 0.480 e. The topological polar surface area (TPSA) is 26.3 Å². The maximum Gasteiger partial charge on any atom is 0.155 e. The molecule has 2 rings (SSSR count). The first kappa shape index (κ1) is 13.2. The smallest absolute Gasteiger partial charge is 0.155 e. The van der Waals surface area contributed by atoms with Crippen molar-refractivity contribution >= 4 is 17.9 Å². The number of benzene rings is 2. The second kappa shape index (κ2) is 6.63. The molecule has 19 heavy (non-hydrogen) atoms. The Kier molecular flexibility index (Phi) is 4.60. The molecule has 2 aromatic carbocycles. The molecule has 3 heteroatoms. The fraction of sp³-hybridized carbons (Fsp3) is 0.0625. The van der Waals surface area contributed by atoms with E-state index in [4.69, 9.17) is 16.3 Å². The number of hydrogen-bond acceptors (Lipinski definition) is 2. The van der Waals surface area contributed by atoms with Crippen LogP contribution >= 0.6 is 11.6 Å². The van der Waals surface area contributed by atoms with E-state index >= 15 is 0 Å². The predicted octanol–water partition coefficient (Wildman–Crippen LogP) is 3.58. The highest BCUT2D eigenvalue weighted by molar-refractivity contribution is 6.33. The Labute approximate surface area is 117 Å². The van der Waals surface area contributed by atoms with Gasteiger partial charge in [-0.15, -0.1) is 0 Å². The Hall–Kier alpha value is -2.24. The van der Waals surface area contributed by atoms with Gasteiger partial charge >= 0.3 is 0 Å². The van der Waals surface area contributed by atoms with Gasteiger partial charge < -0.3 is 4.74 Å². The van der Waals surface area contributed by atoms with Crippen molar-refractivity contribution in [3.05, 3.63) is 64.7 Å². The molecule has 0 N–H and O–H groups in total. The summed E-state index contributed by atoms with van der Waals surface area (Å²) in [5.74, 6) is 6.31. The van der Waals surface area contributed by atoms with E-state index in [9.17, 15) is 4.79 Å². The highest BCUT2D eigenvalue weighted by Gasteiger charge is 2.05. The van der Waals surface area contributed by atoms with E-state index < -0.39 is 0 Å². The summed E-state index contributed by atoms with van der Waals surface area (Å²) >= 11 is 5.89. The molecule has 0 aromatic heterocycles. The number of carbonyl (C=O) groups excluding carboxylic acids is 1. The third kappa shape index (κ3) is 3.61. The van der Waals surface area contributed by atoms with Gasteiger partial charge in [0.15, 0.2) is 6.29 Å². The maximum absolute atomic E-state index is 10.9. The maximum atomic E-state index is 10.9. The van der Waals surface area contributed by atoms with Crippen LogP contribution in [0.4, 0.5) is 0 Å². The molecule has 2 aromatic rings. The fourth-order valence-corrected chi connectivity index (χ4v) is 1.74. The third-order valence-electron chi connectivity index (χ3n) is 2.44. The molecular weight excluding hydrogens is 260 g/mol. The van der Waals surface area contributed by atoms with Gasteiger partial charge in [-0.3, -0.25) is 4.79 Å². The van der Waals surface area contributed by atoms with Crippen LogP contribution < -0.4 is 4.74 Å². The minimum atomic E-state index is 0.204. The van der Waals surface area contributed by atoms with Crippen molar-refractivity contribution in [1.29, 1.82) is 0 Å². The molecule has 2 nitrogen and oxygen atoms in total. The molecular formula is C16H11ClO2. The van der Waals surface area contributed by atoms with Crippen molar-refractivity contribution in [2.45, 2.75) is 0 Å². The average Bonchev–Trinajstić information content (AvgIpc) is 2.45. The highest BCUT2D eigenvalue weighted by atomic mass is 35.5. The van der Waals surface area contributed by atoms with Crippen molar-refractivity contribution in [3.63, 3.8) is 0 Å². The van der Waals surface area contributed by atoms with E-state index in [1.54, 1.807) is 18.2 Å². The molecule has 0 fully saturated rings. The Morgan fingerprint density at radius 2 is 1.89 bits per heavy atom. The molecule has 0 radical (unpaired) electrons. The van der Waals surface area contributed by atoms with Crippen molar-refractivity contribution in [3.8, 4) is 17.6 Å². The molecule has 94 valence electrons. The first-order chi connectivity index (χ1) is 9.31. The SMILES string of the molecule is O=Cc1c(Cl)cccc1OCC#Cc1ccccc1. The fourth-order valence-electron chi connectivity index (χ4n) is 1.53. The van der Waals surface area contributed by atoms with Crippen LogP contribution in [0.1, 0.15) is 15.9 Å². The lowest BCUT2D eigenvalue weighted by molar-refractivity contribution is 0.112. The van der Waals surface area contributed by atoms with Crippen LogP contribution in [0, 0.1) is 11.8 Å². The van der Waals surface area contributed by atoms with Crippen LogP contribution in [-0.2, 0) is 0 Å². The summed E-state index contributed by atoms with van der Waals surface area (Å²) < 4.78 is 5.44. The average molecular weight is 271 g/mol. The number of hydrogen-bond donors (Lipinski definition) is 0. The number of rotatable bonds is 3. The number of aldehydes is 1. The van der Waals surface area contributed by atoms with E-state index in [1.165, 1.54) is 0 Å². The summed E-state index contributed by atoms with van der Waals surface area (Å²) in [4.78, 5) is 10.9. The molecule has 0 heterocycles. The third-order valence-corrected chi connectivity index (χ3v) is 2.77. The van der Waals surface area contributed by atoms with Gasteiger partial charge in [-0.05, 0) is 24.3 Å². The Bertz CT molecular complexity index is 624. The van der Waals surface area contributed by atoms with E-state index in [2.05, 4.69) is 11.8 Å². The van der Waals surface area contributed by atoms with Gasteiger partial charge in [-0.25, -0.2) is 0 Å². The second-order valence-electron chi connectivity index (χ2n) is 3.73. The van der Waals surface area contributed by atoms with Crippen LogP contribution in [0.25, 0.3) is 0 Å². The molecule has 0 aliphatic rings. The lowest BCUT2D eigenvalue weighted by Gasteiger charge is -2.05. The second-order valence-corrected chi connectivity index (χ2v) is 4.13. The Balaban J connectivity index is 2.03. The molecule has 0 spiro atoms. The van der Waals surface area contributed by atoms with E-state index in [1.807, 2.05) is 30.3 Å². The van der Waals surface area contributed by atoms with Crippen LogP contribution in [0.2, 0.25) is 5.02 Å². The molecule has 0 saturated carbocycles. The van der Waals surface area contributed by atoms with Crippen LogP contribution in [0.15, 0.2) is 48.5 Å². The number of ether oxygens (including phenoxy) is 1. The quantitative estimate of drug-likeness (QED) is 0.629. The lowest BCUT2D eigenvalue weighted by atomic mass is 10.2. The Morgan fingerprint density at radius 3 is 2.63 bits per heavy atom. The summed E-state index contributed by atoms with van der Waals surface area (Å²) in [6, 6.07) is 14.7. The number of halogens is 1. The monoisotopic (exact) mass is 270 g/mol. The van der Waals surface area contributed by atoms with Crippen LogP contribution in [0.3, 0.4) is 0 Å². The van der Waals surface area contributed by atoms with E-state index in [0.29, 0.717) is 22.6 Å². The first-order valence-corrected chi connectivity index (χ1v) is 6.09. The van der Waals surface area contributed by atoms with Crippen LogP contribution in [0.5, 0.6) is 5.75 Å². The van der Waals surface area contributed by atoms with E-state index in [0.717, 1.165) is 5.56 Å². The minimum absolute atomic E-state index is 0.204. The van der Waals surface area contributed by atoms with Crippen molar-refractivity contribution in [2.75, 3.05) is 6.61 Å². The zero-order valence-corrected chi connectivity index (χ0v) is 10.9. The highest BCUT2D eigenvalue weighted by Crippen LogP contribution is 2.24. The predicted molar refractivity (Wildman–Crippen MR) is 75.7 cm³/mol. The number of carbonyl (C=O) groups is 1.